The normalized spacial score (nSPS) is 22.8. The van der Waals surface area contributed by atoms with Gasteiger partial charge in [0.25, 0.3) is 0 Å². The Kier molecular flexibility index (Phi) is 5.01. The number of fused-ring (bicyclic) bond motifs is 3. The minimum Gasteiger partial charge on any atom is -0.492 e. The smallest absolute Gasteiger partial charge is 0.473 e. The number of carbonyl (C=O) groups is 1. The van der Waals surface area contributed by atoms with E-state index in [0.717, 1.165) is 6.07 Å². The van der Waals surface area contributed by atoms with Crippen LogP contribution in [-0.4, -0.2) is 41.1 Å². The average Bonchev–Trinajstić information content (AvgIpc) is 3.07. The molecule has 4 rings (SSSR count). The molecule has 0 radical (unpaired) electrons. The third-order valence-electron chi connectivity index (χ3n) is 5.54. The molecular weight excluding hydrogens is 404 g/mol. The zero-order valence-corrected chi connectivity index (χ0v) is 15.7. The van der Waals surface area contributed by atoms with Crippen molar-refractivity contribution in [1.29, 1.82) is 0 Å². The van der Waals surface area contributed by atoms with Gasteiger partial charge in [-0.15, -0.1) is 0 Å². The Morgan fingerprint density at radius 3 is 2.63 bits per heavy atom. The van der Waals surface area contributed by atoms with Crippen LogP contribution in [0.4, 0.5) is 17.6 Å². The molecule has 2 aliphatic rings. The summed E-state index contributed by atoms with van der Waals surface area (Å²) in [7, 11) is 0. The molecule has 5 nitrogen and oxygen atoms in total. The van der Waals surface area contributed by atoms with Gasteiger partial charge in [0, 0.05) is 12.2 Å². The molecule has 2 heterocycles. The second-order valence-electron chi connectivity index (χ2n) is 7.22. The largest absolute Gasteiger partial charge is 0.492 e. The Bertz CT molecular complexity index is 993. The van der Waals surface area contributed by atoms with Crippen molar-refractivity contribution in [2.45, 2.75) is 24.6 Å². The molecule has 0 aliphatic carbocycles. The number of rotatable bonds is 4. The van der Waals surface area contributed by atoms with E-state index < -0.39 is 29.4 Å². The summed E-state index contributed by atoms with van der Waals surface area (Å²) in [5, 5.41) is 14.0. The molecule has 2 unspecified atom stereocenters. The van der Waals surface area contributed by atoms with E-state index in [4.69, 9.17) is 4.74 Å². The molecule has 1 amide bonds. The van der Waals surface area contributed by atoms with E-state index in [2.05, 4.69) is 5.10 Å². The van der Waals surface area contributed by atoms with Crippen LogP contribution in [0.25, 0.3) is 0 Å². The van der Waals surface area contributed by atoms with Gasteiger partial charge < -0.3 is 9.84 Å². The summed E-state index contributed by atoms with van der Waals surface area (Å²) in [6.45, 7) is -0.323. The highest BCUT2D eigenvalue weighted by molar-refractivity contribution is 6.08. The summed E-state index contributed by atoms with van der Waals surface area (Å²) >= 11 is 0. The number of hydrogen-bond acceptors (Lipinski definition) is 4. The van der Waals surface area contributed by atoms with Gasteiger partial charge in [-0.2, -0.15) is 18.3 Å². The zero-order valence-electron chi connectivity index (χ0n) is 15.7. The highest BCUT2D eigenvalue weighted by Gasteiger charge is 2.60. The van der Waals surface area contributed by atoms with Crippen LogP contribution < -0.4 is 4.74 Å². The predicted octanol–water partition coefficient (Wildman–Crippen LogP) is 3.61. The number of carbonyl (C=O) groups excluding carboxylic acids is 1. The molecule has 2 aromatic rings. The van der Waals surface area contributed by atoms with Crippen molar-refractivity contribution in [3.8, 4) is 5.75 Å². The second kappa shape index (κ2) is 7.39. The molecule has 0 bridgehead atoms. The third-order valence-corrected chi connectivity index (χ3v) is 5.54. The first-order valence-corrected chi connectivity index (χ1v) is 9.38. The summed E-state index contributed by atoms with van der Waals surface area (Å²) < 4.78 is 60.2. The first-order chi connectivity index (χ1) is 14.3. The molecule has 0 saturated carbocycles. The van der Waals surface area contributed by atoms with E-state index in [1.54, 1.807) is 30.3 Å². The molecule has 158 valence electrons. The quantitative estimate of drug-likeness (QED) is 0.766. The maximum absolute atomic E-state index is 13.9. The minimum atomic E-state index is -5.16. The van der Waals surface area contributed by atoms with Crippen LogP contribution in [0, 0.1) is 11.7 Å². The molecule has 0 fully saturated rings. The first kappa shape index (κ1) is 20.3. The zero-order chi connectivity index (χ0) is 21.5. The van der Waals surface area contributed by atoms with Crippen LogP contribution >= 0.6 is 0 Å². The van der Waals surface area contributed by atoms with Gasteiger partial charge in [0.1, 0.15) is 17.1 Å². The molecular formula is C21H18F4N2O3. The van der Waals surface area contributed by atoms with E-state index in [1.165, 1.54) is 12.1 Å². The van der Waals surface area contributed by atoms with Crippen LogP contribution in [0.3, 0.4) is 0 Å². The Morgan fingerprint density at radius 2 is 1.97 bits per heavy atom. The van der Waals surface area contributed by atoms with Gasteiger partial charge in [-0.25, -0.2) is 9.40 Å². The maximum Gasteiger partial charge on any atom is 0.473 e. The Hall–Kier alpha value is -2.94. The molecule has 2 atom stereocenters. The van der Waals surface area contributed by atoms with Gasteiger partial charge in [-0.3, -0.25) is 4.79 Å². The molecule has 30 heavy (non-hydrogen) atoms. The van der Waals surface area contributed by atoms with Crippen LogP contribution in [0.1, 0.15) is 24.0 Å². The molecule has 0 saturated heterocycles. The van der Waals surface area contributed by atoms with Gasteiger partial charge in [0.2, 0.25) is 0 Å². The van der Waals surface area contributed by atoms with Crippen molar-refractivity contribution in [2.75, 3.05) is 13.2 Å². The molecule has 0 spiro atoms. The number of hydrogen-bond donors (Lipinski definition) is 1. The van der Waals surface area contributed by atoms with Gasteiger partial charge >= 0.3 is 12.1 Å². The lowest BCUT2D eigenvalue weighted by molar-refractivity contribution is -0.193. The number of halogens is 4. The lowest BCUT2D eigenvalue weighted by Gasteiger charge is -2.42. The molecule has 2 aromatic carbocycles. The van der Waals surface area contributed by atoms with Crippen LogP contribution in [0.15, 0.2) is 53.6 Å². The van der Waals surface area contributed by atoms with E-state index in [1.807, 2.05) is 0 Å². The van der Waals surface area contributed by atoms with Crippen molar-refractivity contribution in [3.63, 3.8) is 0 Å². The maximum atomic E-state index is 13.9. The molecule has 1 N–H and O–H groups in total. The highest BCUT2D eigenvalue weighted by atomic mass is 19.4. The van der Waals surface area contributed by atoms with E-state index in [-0.39, 0.29) is 43.1 Å². The highest BCUT2D eigenvalue weighted by Crippen LogP contribution is 2.50. The monoisotopic (exact) mass is 422 g/mol. The third kappa shape index (κ3) is 3.13. The molecule has 9 heteroatoms. The summed E-state index contributed by atoms with van der Waals surface area (Å²) in [5.41, 5.74) is -0.720. The lowest BCUT2D eigenvalue weighted by Crippen LogP contribution is -2.54. The van der Waals surface area contributed by atoms with Crippen molar-refractivity contribution in [3.05, 3.63) is 65.5 Å². The standard InChI is InChI=1S/C21H18F4N2O3/c22-14-7-8-17-15(11-14)18-16(12-30-17)20(9-4-10-28,13-5-2-1-3-6-13)27(26-18)19(29)21(23,24)25/h1-3,5-8,11,16,28H,4,9-10,12H2. The fraction of sp³-hybridized carbons (Fsp3) is 0.333. The fourth-order valence-electron chi connectivity index (χ4n) is 4.27. The number of alkyl halides is 3. The number of amides is 1. The lowest BCUT2D eigenvalue weighted by atomic mass is 9.71. The summed E-state index contributed by atoms with van der Waals surface area (Å²) in [5.74, 6) is -3.20. The van der Waals surface area contributed by atoms with Gasteiger partial charge in [0.15, 0.2) is 0 Å². The number of ether oxygens (including phenoxy) is 1. The van der Waals surface area contributed by atoms with E-state index in [9.17, 15) is 27.5 Å². The Morgan fingerprint density at radius 1 is 1.23 bits per heavy atom. The Labute approximate surface area is 169 Å². The predicted molar refractivity (Wildman–Crippen MR) is 99.3 cm³/mol. The number of aliphatic hydroxyl groups is 1. The van der Waals surface area contributed by atoms with Gasteiger partial charge in [-0.1, -0.05) is 30.3 Å². The number of aliphatic hydroxyl groups excluding tert-OH is 1. The number of nitrogens with zero attached hydrogens (tertiary/aromatic N) is 2. The van der Waals surface area contributed by atoms with Crippen molar-refractivity contribution in [2.24, 2.45) is 11.0 Å². The molecule has 2 aliphatic heterocycles. The summed E-state index contributed by atoms with van der Waals surface area (Å²) in [6.07, 6.45) is -5.02. The van der Waals surface area contributed by atoms with Crippen LogP contribution in [0.5, 0.6) is 5.75 Å². The van der Waals surface area contributed by atoms with Crippen molar-refractivity contribution < 1.29 is 32.2 Å². The van der Waals surface area contributed by atoms with E-state index in [0.29, 0.717) is 10.6 Å². The first-order valence-electron chi connectivity index (χ1n) is 9.38. The minimum absolute atomic E-state index is 0.0149. The Balaban J connectivity index is 1.94. The number of hydrazone groups is 1. The van der Waals surface area contributed by atoms with Crippen LogP contribution in [0.2, 0.25) is 0 Å². The van der Waals surface area contributed by atoms with Crippen LogP contribution in [-0.2, 0) is 10.3 Å². The van der Waals surface area contributed by atoms with Gasteiger partial charge in [-0.05, 0) is 36.6 Å². The average molecular weight is 422 g/mol. The SMILES string of the molecule is O=C(N1N=C2c3cc(F)ccc3OCC2C1(CCCO)c1ccccc1)C(F)(F)F. The number of benzene rings is 2. The fourth-order valence-corrected chi connectivity index (χ4v) is 4.27. The summed E-state index contributed by atoms with van der Waals surface area (Å²) in [6, 6.07) is 12.0. The van der Waals surface area contributed by atoms with Crippen molar-refractivity contribution >= 4 is 11.6 Å². The van der Waals surface area contributed by atoms with E-state index >= 15 is 0 Å². The summed E-state index contributed by atoms with van der Waals surface area (Å²) in [4.78, 5) is 12.5. The second-order valence-corrected chi connectivity index (χ2v) is 7.22. The molecule has 0 aromatic heterocycles. The van der Waals surface area contributed by atoms with Gasteiger partial charge in [0.05, 0.1) is 18.2 Å². The topological polar surface area (TPSA) is 62.1 Å². The van der Waals surface area contributed by atoms with Crippen molar-refractivity contribution in [1.82, 2.24) is 5.01 Å².